The van der Waals surface area contributed by atoms with Gasteiger partial charge in [-0.3, -0.25) is 0 Å². The second kappa shape index (κ2) is 5.14. The molecule has 0 atom stereocenters. The zero-order valence-corrected chi connectivity index (χ0v) is 9.65. The normalized spacial score (nSPS) is 11.1. The lowest BCUT2D eigenvalue weighted by Crippen LogP contribution is -2.08. The fraction of sp³-hybridized carbons (Fsp3) is 0.385. The van der Waals surface area contributed by atoms with E-state index in [0.717, 1.165) is 19.6 Å². The van der Waals surface area contributed by atoms with Gasteiger partial charge < -0.3 is 15.0 Å². The van der Waals surface area contributed by atoms with Crippen molar-refractivity contribution < 1.29 is 4.74 Å². The fourth-order valence-electron chi connectivity index (χ4n) is 2.07. The highest BCUT2D eigenvalue weighted by molar-refractivity contribution is 5.81. The monoisotopic (exact) mass is 218 g/mol. The van der Waals surface area contributed by atoms with Crippen molar-refractivity contribution in [2.24, 2.45) is 5.73 Å². The molecule has 0 amide bonds. The highest BCUT2D eigenvalue weighted by Crippen LogP contribution is 2.19. The molecule has 2 N–H and O–H groups in total. The fourth-order valence-corrected chi connectivity index (χ4v) is 2.07. The Bertz CT molecular complexity index is 462. The Balaban J connectivity index is 2.32. The van der Waals surface area contributed by atoms with Crippen LogP contribution in [0, 0.1) is 0 Å². The Morgan fingerprint density at radius 3 is 2.88 bits per heavy atom. The zero-order valence-electron chi connectivity index (χ0n) is 9.65. The number of benzene rings is 1. The summed E-state index contributed by atoms with van der Waals surface area (Å²) in [5, 5.41) is 1.26. The molecule has 1 heterocycles. The quantitative estimate of drug-likeness (QED) is 0.781. The van der Waals surface area contributed by atoms with E-state index in [9.17, 15) is 0 Å². The molecular weight excluding hydrogens is 200 g/mol. The van der Waals surface area contributed by atoms with Crippen molar-refractivity contribution in [2.45, 2.75) is 19.5 Å². The number of hydrogen-bond acceptors (Lipinski definition) is 2. The van der Waals surface area contributed by atoms with Crippen molar-refractivity contribution in [1.29, 1.82) is 0 Å². The van der Waals surface area contributed by atoms with Crippen molar-refractivity contribution in [2.75, 3.05) is 13.7 Å². The summed E-state index contributed by atoms with van der Waals surface area (Å²) in [6, 6.07) is 10.6. The summed E-state index contributed by atoms with van der Waals surface area (Å²) in [5.41, 5.74) is 8.22. The first kappa shape index (κ1) is 11.2. The van der Waals surface area contributed by atoms with Crippen molar-refractivity contribution >= 4 is 10.9 Å². The molecule has 3 heteroatoms. The number of aromatic nitrogens is 1. The van der Waals surface area contributed by atoms with Gasteiger partial charge >= 0.3 is 0 Å². The number of para-hydroxylation sites is 1. The minimum absolute atomic E-state index is 0.585. The molecule has 0 spiro atoms. The Morgan fingerprint density at radius 2 is 2.12 bits per heavy atom. The Hall–Kier alpha value is -1.32. The molecule has 0 saturated carbocycles. The number of nitrogens with two attached hydrogens (primary N) is 1. The second-order valence-electron chi connectivity index (χ2n) is 3.90. The van der Waals surface area contributed by atoms with Crippen molar-refractivity contribution in [1.82, 2.24) is 4.57 Å². The second-order valence-corrected chi connectivity index (χ2v) is 3.90. The third-order valence-electron chi connectivity index (χ3n) is 2.84. The molecule has 1 aromatic carbocycles. The number of fused-ring (bicyclic) bond motifs is 1. The van der Waals surface area contributed by atoms with Crippen LogP contribution in [0.25, 0.3) is 10.9 Å². The van der Waals surface area contributed by atoms with Gasteiger partial charge in [-0.15, -0.1) is 0 Å². The summed E-state index contributed by atoms with van der Waals surface area (Å²) in [7, 11) is 1.73. The van der Waals surface area contributed by atoms with E-state index in [1.54, 1.807) is 7.11 Å². The summed E-state index contributed by atoms with van der Waals surface area (Å²) >= 11 is 0. The molecular formula is C13H18N2O. The molecule has 0 aliphatic carbocycles. The smallest absolute Gasteiger partial charge is 0.0482 e. The maximum atomic E-state index is 5.77. The minimum atomic E-state index is 0.585. The van der Waals surface area contributed by atoms with Gasteiger partial charge in [0.05, 0.1) is 0 Å². The van der Waals surface area contributed by atoms with Gasteiger partial charge in [-0.1, -0.05) is 18.2 Å². The van der Waals surface area contributed by atoms with Crippen LogP contribution < -0.4 is 5.73 Å². The van der Waals surface area contributed by atoms with Gasteiger partial charge in [-0.25, -0.2) is 0 Å². The van der Waals surface area contributed by atoms with Gasteiger partial charge in [0.2, 0.25) is 0 Å². The van der Waals surface area contributed by atoms with Crippen LogP contribution in [0.4, 0.5) is 0 Å². The standard InChI is InChI=1S/C13H18N2O/c1-16-8-4-7-15-12(10-14)9-11-5-2-3-6-13(11)15/h2-3,5-6,9H,4,7-8,10,14H2,1H3. The van der Waals surface area contributed by atoms with E-state index in [1.807, 2.05) is 0 Å². The molecule has 0 saturated heterocycles. The molecule has 0 unspecified atom stereocenters. The molecule has 0 fully saturated rings. The largest absolute Gasteiger partial charge is 0.385 e. The predicted molar refractivity (Wildman–Crippen MR) is 66.3 cm³/mol. The third-order valence-corrected chi connectivity index (χ3v) is 2.84. The van der Waals surface area contributed by atoms with Crippen LogP contribution in [-0.2, 0) is 17.8 Å². The number of aryl methyl sites for hydroxylation is 1. The number of rotatable bonds is 5. The van der Waals surface area contributed by atoms with Gasteiger partial charge in [-0.05, 0) is 23.9 Å². The van der Waals surface area contributed by atoms with Crippen LogP contribution in [0.3, 0.4) is 0 Å². The SMILES string of the molecule is COCCCn1c(CN)cc2ccccc21. The van der Waals surface area contributed by atoms with E-state index >= 15 is 0 Å². The summed E-state index contributed by atoms with van der Waals surface area (Å²) in [4.78, 5) is 0. The van der Waals surface area contributed by atoms with E-state index in [1.165, 1.54) is 16.6 Å². The molecule has 2 aromatic rings. The van der Waals surface area contributed by atoms with Crippen LogP contribution in [0.2, 0.25) is 0 Å². The summed E-state index contributed by atoms with van der Waals surface area (Å²) in [6.07, 6.45) is 1.02. The number of methoxy groups -OCH3 is 1. The van der Waals surface area contributed by atoms with Gasteiger partial charge in [0.1, 0.15) is 0 Å². The molecule has 3 nitrogen and oxygen atoms in total. The average molecular weight is 218 g/mol. The molecule has 0 bridgehead atoms. The van der Waals surface area contributed by atoms with Gasteiger partial charge in [0.25, 0.3) is 0 Å². The van der Waals surface area contributed by atoms with Gasteiger partial charge in [0.15, 0.2) is 0 Å². The predicted octanol–water partition coefficient (Wildman–Crippen LogP) is 2.14. The zero-order chi connectivity index (χ0) is 11.4. The Labute approximate surface area is 95.8 Å². The lowest BCUT2D eigenvalue weighted by atomic mass is 10.2. The first-order valence-corrected chi connectivity index (χ1v) is 5.63. The van der Waals surface area contributed by atoms with Crippen LogP contribution in [0.1, 0.15) is 12.1 Å². The number of nitrogens with zero attached hydrogens (tertiary/aromatic N) is 1. The average Bonchev–Trinajstić information content (AvgIpc) is 2.68. The molecule has 0 radical (unpaired) electrons. The minimum Gasteiger partial charge on any atom is -0.385 e. The van der Waals surface area contributed by atoms with E-state index in [0.29, 0.717) is 6.54 Å². The lowest BCUT2D eigenvalue weighted by Gasteiger charge is -2.08. The van der Waals surface area contributed by atoms with Crippen molar-refractivity contribution in [3.8, 4) is 0 Å². The van der Waals surface area contributed by atoms with E-state index < -0.39 is 0 Å². The van der Waals surface area contributed by atoms with Gasteiger partial charge in [0, 0.05) is 38.0 Å². The number of hydrogen-bond donors (Lipinski definition) is 1. The summed E-state index contributed by atoms with van der Waals surface area (Å²) < 4.78 is 7.37. The third kappa shape index (κ3) is 2.10. The van der Waals surface area contributed by atoms with E-state index in [4.69, 9.17) is 10.5 Å². The molecule has 86 valence electrons. The lowest BCUT2D eigenvalue weighted by molar-refractivity contribution is 0.190. The van der Waals surface area contributed by atoms with Crippen LogP contribution in [0.5, 0.6) is 0 Å². The summed E-state index contributed by atoms with van der Waals surface area (Å²) in [6.45, 7) is 2.34. The number of ether oxygens (including phenoxy) is 1. The van der Waals surface area contributed by atoms with Crippen molar-refractivity contribution in [3.05, 3.63) is 36.0 Å². The Kier molecular flexibility index (Phi) is 3.59. The molecule has 1 aromatic heterocycles. The topological polar surface area (TPSA) is 40.2 Å². The summed E-state index contributed by atoms with van der Waals surface area (Å²) in [5.74, 6) is 0. The molecule has 16 heavy (non-hydrogen) atoms. The highest BCUT2D eigenvalue weighted by Gasteiger charge is 2.06. The van der Waals surface area contributed by atoms with E-state index in [2.05, 4.69) is 34.9 Å². The van der Waals surface area contributed by atoms with E-state index in [-0.39, 0.29) is 0 Å². The van der Waals surface area contributed by atoms with Crippen LogP contribution in [-0.4, -0.2) is 18.3 Å². The Morgan fingerprint density at radius 1 is 1.31 bits per heavy atom. The maximum absolute atomic E-state index is 5.77. The first-order valence-electron chi connectivity index (χ1n) is 5.63. The van der Waals surface area contributed by atoms with Crippen molar-refractivity contribution in [3.63, 3.8) is 0 Å². The highest BCUT2D eigenvalue weighted by atomic mass is 16.5. The van der Waals surface area contributed by atoms with Crippen LogP contribution in [0.15, 0.2) is 30.3 Å². The molecule has 2 rings (SSSR count). The van der Waals surface area contributed by atoms with Crippen LogP contribution >= 0.6 is 0 Å². The molecule has 0 aliphatic heterocycles. The maximum Gasteiger partial charge on any atom is 0.0482 e. The first-order chi connectivity index (χ1) is 7.86. The van der Waals surface area contributed by atoms with Gasteiger partial charge in [-0.2, -0.15) is 0 Å². The molecule has 0 aliphatic rings.